The number of anilines is 1. The predicted octanol–water partition coefficient (Wildman–Crippen LogP) is 5.01. The highest BCUT2D eigenvalue weighted by Gasteiger charge is 2.28. The van der Waals surface area contributed by atoms with Crippen LogP contribution in [0.3, 0.4) is 0 Å². The number of amides is 1. The molecule has 0 bridgehead atoms. The Morgan fingerprint density at radius 3 is 1.97 bits per heavy atom. The molecule has 1 saturated carbocycles. The Balaban J connectivity index is 0.00000184. The van der Waals surface area contributed by atoms with Gasteiger partial charge in [-0.3, -0.25) is 4.79 Å². The largest absolute Gasteiger partial charge is 0.497 e. The lowest BCUT2D eigenvalue weighted by atomic mass is 9.84. The molecule has 1 aliphatic carbocycles. The number of carbonyl (C=O) groups excluding carboxylic acids is 1. The highest BCUT2D eigenvalue weighted by atomic mass is 16.5. The topological polar surface area (TPSA) is 82.8 Å². The molecule has 168 valence electrons. The van der Waals surface area contributed by atoms with Gasteiger partial charge in [-0.15, -0.1) is 0 Å². The maximum absolute atomic E-state index is 12.6. The molecule has 2 rings (SSSR count). The van der Waals surface area contributed by atoms with Crippen LogP contribution in [0.4, 0.5) is 5.69 Å². The van der Waals surface area contributed by atoms with Crippen LogP contribution >= 0.6 is 0 Å². The molecule has 0 spiro atoms. The van der Waals surface area contributed by atoms with Crippen molar-refractivity contribution in [1.29, 1.82) is 0 Å². The molecule has 1 amide bonds. The molecule has 1 fully saturated rings. The van der Waals surface area contributed by atoms with Crippen molar-refractivity contribution in [3.63, 3.8) is 0 Å². The van der Waals surface area contributed by atoms with Gasteiger partial charge in [-0.1, -0.05) is 59.8 Å². The van der Waals surface area contributed by atoms with Gasteiger partial charge in [-0.25, -0.2) is 0 Å². The summed E-state index contributed by atoms with van der Waals surface area (Å²) in [6, 6.07) is 4.90. The summed E-state index contributed by atoms with van der Waals surface area (Å²) in [5.41, 5.74) is 6.88. The molecule has 0 aliphatic heterocycles. The van der Waals surface area contributed by atoms with E-state index in [-0.39, 0.29) is 11.9 Å². The van der Waals surface area contributed by atoms with E-state index in [1.54, 1.807) is 32.4 Å². The fraction of sp³-hybridized carbons (Fsp3) is 0.696. The second-order valence-corrected chi connectivity index (χ2v) is 6.65. The average molecular weight is 411 g/mol. The van der Waals surface area contributed by atoms with Crippen LogP contribution in [0.5, 0.6) is 11.5 Å². The van der Waals surface area contributed by atoms with Gasteiger partial charge >= 0.3 is 0 Å². The van der Waals surface area contributed by atoms with Crippen molar-refractivity contribution in [1.82, 2.24) is 0 Å². The highest BCUT2D eigenvalue weighted by molar-refractivity contribution is 5.95. The fourth-order valence-electron chi connectivity index (χ4n) is 3.50. The van der Waals surface area contributed by atoms with Gasteiger partial charge in [0.05, 0.1) is 14.2 Å². The lowest BCUT2D eigenvalue weighted by Crippen LogP contribution is -2.45. The first-order valence-electron chi connectivity index (χ1n) is 10.9. The molecule has 0 saturated heterocycles. The zero-order valence-electron chi connectivity index (χ0n) is 19.4. The SMILES string of the molecule is CC.CC.COc1cc(NC(=O)C(OC)C(N)CC2CCCCC2)cc(OC)c1. The van der Waals surface area contributed by atoms with Crippen LogP contribution in [-0.2, 0) is 9.53 Å². The minimum Gasteiger partial charge on any atom is -0.497 e. The average Bonchev–Trinajstić information content (AvgIpc) is 2.77. The third-order valence-electron chi connectivity index (χ3n) is 4.85. The summed E-state index contributed by atoms with van der Waals surface area (Å²) < 4.78 is 15.9. The lowest BCUT2D eigenvalue weighted by molar-refractivity contribution is -0.127. The van der Waals surface area contributed by atoms with E-state index < -0.39 is 6.10 Å². The number of hydrogen-bond acceptors (Lipinski definition) is 5. The summed E-state index contributed by atoms with van der Waals surface area (Å²) in [5.74, 6) is 1.55. The van der Waals surface area contributed by atoms with Crippen molar-refractivity contribution < 1.29 is 19.0 Å². The Kier molecular flexibility index (Phi) is 15.1. The molecule has 0 heterocycles. The molecule has 1 aromatic carbocycles. The van der Waals surface area contributed by atoms with Crippen molar-refractivity contribution in [2.45, 2.75) is 78.4 Å². The Labute approximate surface area is 177 Å². The van der Waals surface area contributed by atoms with Gasteiger partial charge in [0, 0.05) is 37.0 Å². The first-order chi connectivity index (χ1) is 14.1. The zero-order chi connectivity index (χ0) is 22.2. The number of benzene rings is 1. The predicted molar refractivity (Wildman–Crippen MR) is 121 cm³/mol. The molecule has 0 aromatic heterocycles. The van der Waals surface area contributed by atoms with Gasteiger partial charge in [-0.05, 0) is 12.3 Å². The zero-order valence-corrected chi connectivity index (χ0v) is 19.4. The van der Waals surface area contributed by atoms with E-state index in [1.165, 1.54) is 39.2 Å². The second-order valence-electron chi connectivity index (χ2n) is 6.65. The van der Waals surface area contributed by atoms with E-state index in [1.807, 2.05) is 27.7 Å². The van der Waals surface area contributed by atoms with Crippen molar-refractivity contribution in [3.05, 3.63) is 18.2 Å². The van der Waals surface area contributed by atoms with E-state index >= 15 is 0 Å². The molecule has 3 N–H and O–H groups in total. The number of ether oxygens (including phenoxy) is 3. The van der Waals surface area contributed by atoms with Crippen LogP contribution in [0, 0.1) is 5.92 Å². The van der Waals surface area contributed by atoms with Crippen LogP contribution < -0.4 is 20.5 Å². The number of hydrogen-bond donors (Lipinski definition) is 2. The van der Waals surface area contributed by atoms with Crippen molar-refractivity contribution in [2.75, 3.05) is 26.6 Å². The van der Waals surface area contributed by atoms with Gasteiger partial charge in [0.2, 0.25) is 0 Å². The maximum Gasteiger partial charge on any atom is 0.255 e. The van der Waals surface area contributed by atoms with E-state index in [2.05, 4.69) is 5.32 Å². The normalized spacial score (nSPS) is 15.6. The van der Waals surface area contributed by atoms with E-state index in [9.17, 15) is 4.79 Å². The fourth-order valence-corrected chi connectivity index (χ4v) is 3.50. The van der Waals surface area contributed by atoms with E-state index in [0.717, 1.165) is 6.42 Å². The number of methoxy groups -OCH3 is 3. The summed E-state index contributed by atoms with van der Waals surface area (Å²) >= 11 is 0. The number of rotatable bonds is 8. The summed E-state index contributed by atoms with van der Waals surface area (Å²) in [4.78, 5) is 12.6. The molecule has 29 heavy (non-hydrogen) atoms. The number of carbonyl (C=O) groups is 1. The van der Waals surface area contributed by atoms with E-state index in [0.29, 0.717) is 23.1 Å². The minimum absolute atomic E-state index is 0.249. The minimum atomic E-state index is -0.681. The molecule has 2 unspecified atom stereocenters. The van der Waals surface area contributed by atoms with Gasteiger partial charge in [-0.2, -0.15) is 0 Å². The second kappa shape index (κ2) is 16.1. The summed E-state index contributed by atoms with van der Waals surface area (Å²) in [7, 11) is 4.66. The quantitative estimate of drug-likeness (QED) is 0.629. The monoisotopic (exact) mass is 410 g/mol. The van der Waals surface area contributed by atoms with Gasteiger partial charge in [0.25, 0.3) is 5.91 Å². The van der Waals surface area contributed by atoms with Crippen LogP contribution in [0.15, 0.2) is 18.2 Å². The molecular weight excluding hydrogens is 368 g/mol. The summed E-state index contributed by atoms with van der Waals surface area (Å²) in [6.45, 7) is 8.00. The van der Waals surface area contributed by atoms with Crippen LogP contribution in [-0.4, -0.2) is 39.4 Å². The Morgan fingerprint density at radius 2 is 1.52 bits per heavy atom. The van der Waals surface area contributed by atoms with Crippen LogP contribution in [0.1, 0.15) is 66.2 Å². The first-order valence-corrected chi connectivity index (χ1v) is 10.9. The molecule has 0 radical (unpaired) electrons. The first kappa shape index (κ1) is 27.2. The Bertz CT molecular complexity index is 538. The molecule has 1 aromatic rings. The molecular formula is C23H42N2O4. The smallest absolute Gasteiger partial charge is 0.255 e. The third kappa shape index (κ3) is 9.50. The standard InChI is InChI=1S/C19H30N2O4.2C2H6/c1-23-15-10-14(11-16(12-15)24-2)21-19(22)18(25-3)17(20)9-13-7-5-4-6-8-13;2*1-2/h10-13,17-18H,4-9,20H2,1-3H3,(H,21,22);2*1-2H3. The summed E-state index contributed by atoms with van der Waals surface area (Å²) in [6.07, 6.45) is 6.33. The third-order valence-corrected chi connectivity index (χ3v) is 4.85. The highest BCUT2D eigenvalue weighted by Crippen LogP contribution is 2.29. The van der Waals surface area contributed by atoms with Gasteiger partial charge in [0.1, 0.15) is 11.5 Å². The van der Waals surface area contributed by atoms with Crippen molar-refractivity contribution >= 4 is 11.6 Å². The van der Waals surface area contributed by atoms with Crippen LogP contribution in [0.2, 0.25) is 0 Å². The maximum atomic E-state index is 12.6. The van der Waals surface area contributed by atoms with E-state index in [4.69, 9.17) is 19.9 Å². The molecule has 6 nitrogen and oxygen atoms in total. The molecule has 6 heteroatoms. The van der Waals surface area contributed by atoms with Gasteiger partial charge in [0.15, 0.2) is 6.10 Å². The lowest BCUT2D eigenvalue weighted by Gasteiger charge is -2.28. The summed E-state index contributed by atoms with van der Waals surface area (Å²) in [5, 5.41) is 2.86. The van der Waals surface area contributed by atoms with Crippen LogP contribution in [0.25, 0.3) is 0 Å². The molecule has 1 aliphatic rings. The number of nitrogens with one attached hydrogen (secondary N) is 1. The Hall–Kier alpha value is -1.79. The van der Waals surface area contributed by atoms with Crippen molar-refractivity contribution in [3.8, 4) is 11.5 Å². The van der Waals surface area contributed by atoms with Crippen molar-refractivity contribution in [2.24, 2.45) is 11.7 Å². The molecule has 2 atom stereocenters. The van der Waals surface area contributed by atoms with Gasteiger partial charge < -0.3 is 25.3 Å². The Morgan fingerprint density at radius 1 is 1.00 bits per heavy atom. The number of nitrogens with two attached hydrogens (primary N) is 1.